The molecule has 0 fully saturated rings. The Labute approximate surface area is 87.9 Å². The van der Waals surface area contributed by atoms with E-state index in [2.05, 4.69) is 6.07 Å². The fraction of sp³-hybridized carbons (Fsp3) is 0.273. The summed E-state index contributed by atoms with van der Waals surface area (Å²) in [6.45, 7) is 3.56. The highest BCUT2D eigenvalue weighted by Gasteiger charge is 2.07. The normalized spacial score (nSPS) is 9.50. The van der Waals surface area contributed by atoms with Gasteiger partial charge in [-0.1, -0.05) is 6.92 Å². The summed E-state index contributed by atoms with van der Waals surface area (Å²) < 4.78 is 0. The van der Waals surface area contributed by atoms with Gasteiger partial charge in [-0.2, -0.15) is 5.26 Å². The molecule has 0 spiro atoms. The van der Waals surface area contributed by atoms with E-state index in [-0.39, 0.29) is 5.78 Å². The first-order valence-corrected chi connectivity index (χ1v) is 5.35. The van der Waals surface area contributed by atoms with Gasteiger partial charge >= 0.3 is 0 Å². The summed E-state index contributed by atoms with van der Waals surface area (Å²) in [4.78, 5) is 12.1. The number of nitrogens with zero attached hydrogens (tertiary/aromatic N) is 1. The van der Waals surface area contributed by atoms with Gasteiger partial charge in [0.2, 0.25) is 0 Å². The van der Waals surface area contributed by atoms with Crippen molar-refractivity contribution in [3.8, 4) is 6.07 Å². The van der Waals surface area contributed by atoms with E-state index in [0.717, 1.165) is 10.6 Å². The Morgan fingerprint density at radius 3 is 2.79 bits per heavy atom. The van der Waals surface area contributed by atoms with Crippen LogP contribution in [0.5, 0.6) is 0 Å². The Bertz CT molecular complexity index is 393. The lowest BCUT2D eigenvalue weighted by molar-refractivity contribution is 0.101. The summed E-state index contributed by atoms with van der Waals surface area (Å²) in [5, 5.41) is 8.72. The largest absolute Gasteiger partial charge is 0.294 e. The van der Waals surface area contributed by atoms with Crippen molar-refractivity contribution >= 4 is 17.5 Å². The van der Waals surface area contributed by atoms with E-state index in [1.807, 2.05) is 6.92 Å². The summed E-state index contributed by atoms with van der Waals surface area (Å²) >= 11 is 1.59. The van der Waals surface area contributed by atoms with E-state index >= 15 is 0 Å². The van der Waals surface area contributed by atoms with Crippen LogP contribution in [0.3, 0.4) is 0 Å². The average molecular weight is 205 g/mol. The smallest absolute Gasteiger partial charge is 0.160 e. The number of rotatable bonds is 3. The van der Waals surface area contributed by atoms with Gasteiger partial charge in [-0.05, 0) is 30.9 Å². The van der Waals surface area contributed by atoms with Gasteiger partial charge in [0.25, 0.3) is 0 Å². The number of nitriles is 1. The molecule has 0 saturated carbocycles. The molecular weight excluding hydrogens is 194 g/mol. The van der Waals surface area contributed by atoms with Gasteiger partial charge in [0.1, 0.15) is 0 Å². The van der Waals surface area contributed by atoms with Gasteiger partial charge in [0.05, 0.1) is 11.6 Å². The molecule has 0 radical (unpaired) electrons. The second-order valence-corrected chi connectivity index (χ2v) is 4.12. The van der Waals surface area contributed by atoms with Gasteiger partial charge in [-0.3, -0.25) is 4.79 Å². The zero-order valence-electron chi connectivity index (χ0n) is 8.20. The second kappa shape index (κ2) is 4.83. The van der Waals surface area contributed by atoms with Crippen LogP contribution in [0.4, 0.5) is 0 Å². The molecule has 1 aromatic carbocycles. The van der Waals surface area contributed by atoms with Crippen molar-refractivity contribution in [3.63, 3.8) is 0 Å². The molecule has 2 nitrogen and oxygen atoms in total. The third-order valence-electron chi connectivity index (χ3n) is 1.79. The predicted octanol–water partition coefficient (Wildman–Crippen LogP) is 2.87. The summed E-state index contributed by atoms with van der Waals surface area (Å²) in [6, 6.07) is 7.23. The molecule has 0 bridgehead atoms. The molecule has 0 heterocycles. The van der Waals surface area contributed by atoms with Gasteiger partial charge in [-0.25, -0.2) is 0 Å². The minimum Gasteiger partial charge on any atom is -0.294 e. The monoisotopic (exact) mass is 205 g/mol. The number of carbonyl (C=O) groups excluding carboxylic acids is 1. The molecule has 3 heteroatoms. The van der Waals surface area contributed by atoms with E-state index in [9.17, 15) is 4.79 Å². The molecule has 0 unspecified atom stereocenters. The lowest BCUT2D eigenvalue weighted by atomic mass is 10.1. The fourth-order valence-electron chi connectivity index (χ4n) is 1.16. The maximum atomic E-state index is 11.2. The predicted molar refractivity (Wildman–Crippen MR) is 57.6 cm³/mol. The maximum absolute atomic E-state index is 11.2. The van der Waals surface area contributed by atoms with Crippen molar-refractivity contribution in [2.24, 2.45) is 0 Å². The molecule has 0 aliphatic carbocycles. The zero-order valence-corrected chi connectivity index (χ0v) is 9.02. The molecule has 0 aromatic heterocycles. The Morgan fingerprint density at radius 1 is 1.57 bits per heavy atom. The van der Waals surface area contributed by atoms with E-state index < -0.39 is 0 Å². The molecule has 1 aromatic rings. The summed E-state index contributed by atoms with van der Waals surface area (Å²) in [7, 11) is 0. The highest BCUT2D eigenvalue weighted by Crippen LogP contribution is 2.24. The minimum absolute atomic E-state index is 0.0467. The quantitative estimate of drug-likeness (QED) is 0.562. The molecule has 0 atom stereocenters. The molecular formula is C11H11NOS. The number of ketones is 1. The van der Waals surface area contributed by atoms with Gasteiger partial charge in [-0.15, -0.1) is 11.8 Å². The third-order valence-corrected chi connectivity index (χ3v) is 2.73. The minimum atomic E-state index is 0.0467. The standard InChI is InChI=1S/C11H11NOS/c1-3-14-11-6-9(7-12)4-5-10(11)8(2)13/h4-6H,3H2,1-2H3. The Kier molecular flexibility index (Phi) is 3.73. The average Bonchev–Trinajstić information content (AvgIpc) is 2.17. The van der Waals surface area contributed by atoms with Crippen LogP contribution in [0.15, 0.2) is 23.1 Å². The fourth-order valence-corrected chi connectivity index (χ4v) is 2.05. The van der Waals surface area contributed by atoms with Crippen molar-refractivity contribution in [2.45, 2.75) is 18.7 Å². The molecule has 14 heavy (non-hydrogen) atoms. The van der Waals surface area contributed by atoms with E-state index in [0.29, 0.717) is 11.1 Å². The highest BCUT2D eigenvalue weighted by molar-refractivity contribution is 7.99. The molecule has 0 aliphatic heterocycles. The molecule has 0 N–H and O–H groups in total. The molecule has 0 amide bonds. The van der Waals surface area contributed by atoms with Crippen molar-refractivity contribution in [1.29, 1.82) is 5.26 Å². The molecule has 1 rings (SSSR count). The summed E-state index contributed by atoms with van der Waals surface area (Å²) in [6.07, 6.45) is 0. The molecule has 0 aliphatic rings. The van der Waals surface area contributed by atoms with Crippen LogP contribution < -0.4 is 0 Å². The van der Waals surface area contributed by atoms with Crippen LogP contribution in [-0.4, -0.2) is 11.5 Å². The Balaban J connectivity index is 3.18. The van der Waals surface area contributed by atoms with Gasteiger partial charge in [0, 0.05) is 10.5 Å². The zero-order chi connectivity index (χ0) is 10.6. The van der Waals surface area contributed by atoms with Crippen LogP contribution in [0.2, 0.25) is 0 Å². The maximum Gasteiger partial charge on any atom is 0.160 e. The molecule has 0 saturated heterocycles. The van der Waals surface area contributed by atoms with E-state index in [4.69, 9.17) is 5.26 Å². The van der Waals surface area contributed by atoms with Gasteiger partial charge in [0.15, 0.2) is 5.78 Å². The lowest BCUT2D eigenvalue weighted by Gasteiger charge is -2.04. The van der Waals surface area contributed by atoms with Crippen molar-refractivity contribution in [3.05, 3.63) is 29.3 Å². The van der Waals surface area contributed by atoms with Crippen molar-refractivity contribution in [1.82, 2.24) is 0 Å². The topological polar surface area (TPSA) is 40.9 Å². The van der Waals surface area contributed by atoms with Crippen molar-refractivity contribution < 1.29 is 4.79 Å². The van der Waals surface area contributed by atoms with Crippen molar-refractivity contribution in [2.75, 3.05) is 5.75 Å². The Hall–Kier alpha value is -1.27. The van der Waals surface area contributed by atoms with Crippen LogP contribution in [0.1, 0.15) is 29.8 Å². The van der Waals surface area contributed by atoms with Crippen LogP contribution >= 0.6 is 11.8 Å². The Morgan fingerprint density at radius 2 is 2.29 bits per heavy atom. The molecule has 72 valence electrons. The highest BCUT2D eigenvalue weighted by atomic mass is 32.2. The third kappa shape index (κ3) is 2.36. The number of hydrogen-bond donors (Lipinski definition) is 0. The van der Waals surface area contributed by atoms with Crippen LogP contribution in [-0.2, 0) is 0 Å². The number of benzene rings is 1. The first-order valence-electron chi connectivity index (χ1n) is 4.37. The van der Waals surface area contributed by atoms with Crippen LogP contribution in [0, 0.1) is 11.3 Å². The first-order chi connectivity index (χ1) is 6.69. The summed E-state index contributed by atoms with van der Waals surface area (Å²) in [5.41, 5.74) is 1.31. The lowest BCUT2D eigenvalue weighted by Crippen LogP contribution is -1.95. The number of hydrogen-bond acceptors (Lipinski definition) is 3. The number of thioether (sulfide) groups is 1. The number of Topliss-reactive ketones (excluding diaryl/α,β-unsaturated/α-hetero) is 1. The van der Waals surface area contributed by atoms with E-state index in [1.165, 1.54) is 0 Å². The summed E-state index contributed by atoms with van der Waals surface area (Å²) in [5.74, 6) is 0.945. The first kappa shape index (κ1) is 10.8. The number of carbonyl (C=O) groups is 1. The van der Waals surface area contributed by atoms with Gasteiger partial charge < -0.3 is 0 Å². The van der Waals surface area contributed by atoms with E-state index in [1.54, 1.807) is 36.9 Å². The second-order valence-electron chi connectivity index (χ2n) is 2.81. The SMILES string of the molecule is CCSc1cc(C#N)ccc1C(C)=O. The van der Waals surface area contributed by atoms with Crippen LogP contribution in [0.25, 0.3) is 0 Å².